The van der Waals surface area contributed by atoms with E-state index < -0.39 is 0 Å². The van der Waals surface area contributed by atoms with E-state index in [-0.39, 0.29) is 0 Å². The molecular formula is C10H12N4O. The van der Waals surface area contributed by atoms with Crippen LogP contribution >= 0.6 is 0 Å². The predicted octanol–water partition coefficient (Wildman–Crippen LogP) is 1.50. The zero-order valence-corrected chi connectivity index (χ0v) is 8.55. The lowest BCUT2D eigenvalue weighted by Crippen LogP contribution is -2.03. The molecule has 0 aliphatic heterocycles. The lowest BCUT2D eigenvalue weighted by molar-refractivity contribution is 0.360. The van der Waals surface area contributed by atoms with Crippen molar-refractivity contribution in [2.45, 2.75) is 32.2 Å². The van der Waals surface area contributed by atoms with Gasteiger partial charge in [-0.25, -0.2) is 0 Å². The zero-order chi connectivity index (χ0) is 10.3. The topological polar surface area (TPSA) is 56.7 Å². The highest BCUT2D eigenvalue weighted by molar-refractivity contribution is 5.04. The molecule has 3 rings (SSSR count). The SMILES string of the molecule is Cc1ccnn1Cc1nc(C2CC2)no1. The third-order valence-corrected chi connectivity index (χ3v) is 2.64. The molecule has 0 amide bonds. The first-order valence-electron chi connectivity index (χ1n) is 5.14. The highest BCUT2D eigenvalue weighted by Gasteiger charge is 2.28. The Labute approximate surface area is 87.1 Å². The van der Waals surface area contributed by atoms with Crippen LogP contribution in [0, 0.1) is 6.92 Å². The van der Waals surface area contributed by atoms with Crippen LogP contribution in [0.4, 0.5) is 0 Å². The Kier molecular flexibility index (Phi) is 1.83. The fraction of sp³-hybridized carbons (Fsp3) is 0.500. The minimum atomic E-state index is 0.543. The third-order valence-electron chi connectivity index (χ3n) is 2.64. The second-order valence-corrected chi connectivity index (χ2v) is 3.95. The standard InChI is InChI=1S/C10H12N4O/c1-7-4-5-11-14(7)6-9-12-10(13-15-9)8-2-3-8/h4-5,8H,2-3,6H2,1H3. The van der Waals surface area contributed by atoms with Crippen LogP contribution in [0.5, 0.6) is 0 Å². The van der Waals surface area contributed by atoms with Gasteiger partial charge >= 0.3 is 0 Å². The highest BCUT2D eigenvalue weighted by atomic mass is 16.5. The molecule has 2 heterocycles. The van der Waals surface area contributed by atoms with E-state index >= 15 is 0 Å². The second kappa shape index (κ2) is 3.18. The quantitative estimate of drug-likeness (QED) is 0.760. The van der Waals surface area contributed by atoms with Gasteiger partial charge in [-0.1, -0.05) is 5.16 Å². The average molecular weight is 204 g/mol. The molecule has 15 heavy (non-hydrogen) atoms. The molecule has 1 aliphatic rings. The lowest BCUT2D eigenvalue weighted by atomic mass is 10.4. The molecular weight excluding hydrogens is 192 g/mol. The first kappa shape index (κ1) is 8.64. The summed E-state index contributed by atoms with van der Waals surface area (Å²) in [5.74, 6) is 2.04. The Morgan fingerprint density at radius 3 is 3.07 bits per heavy atom. The maximum absolute atomic E-state index is 5.17. The molecule has 0 N–H and O–H groups in total. The maximum atomic E-state index is 5.17. The van der Waals surface area contributed by atoms with E-state index in [0.717, 1.165) is 11.5 Å². The number of aryl methyl sites for hydroxylation is 1. The van der Waals surface area contributed by atoms with E-state index in [1.807, 2.05) is 17.7 Å². The van der Waals surface area contributed by atoms with Crippen LogP contribution in [0.1, 0.15) is 36.2 Å². The summed E-state index contributed by atoms with van der Waals surface area (Å²) < 4.78 is 7.02. The first-order chi connectivity index (χ1) is 7.33. The largest absolute Gasteiger partial charge is 0.337 e. The number of rotatable bonds is 3. The van der Waals surface area contributed by atoms with Crippen molar-refractivity contribution < 1.29 is 4.52 Å². The van der Waals surface area contributed by atoms with Crippen LogP contribution in [0.25, 0.3) is 0 Å². The lowest BCUT2D eigenvalue weighted by Gasteiger charge is -1.98. The normalized spacial score (nSPS) is 15.8. The monoisotopic (exact) mass is 204 g/mol. The van der Waals surface area contributed by atoms with Crippen LogP contribution < -0.4 is 0 Å². The Bertz CT molecular complexity index is 469. The Morgan fingerprint density at radius 1 is 1.53 bits per heavy atom. The van der Waals surface area contributed by atoms with Gasteiger partial charge in [0, 0.05) is 17.8 Å². The summed E-state index contributed by atoms with van der Waals surface area (Å²) >= 11 is 0. The molecule has 78 valence electrons. The number of aromatic nitrogens is 4. The molecule has 1 saturated carbocycles. The molecule has 2 aromatic heterocycles. The maximum Gasteiger partial charge on any atom is 0.248 e. The summed E-state index contributed by atoms with van der Waals surface area (Å²) in [4.78, 5) is 4.35. The number of hydrogen-bond acceptors (Lipinski definition) is 4. The van der Waals surface area contributed by atoms with Crippen molar-refractivity contribution in [3.8, 4) is 0 Å². The van der Waals surface area contributed by atoms with Crippen molar-refractivity contribution in [2.24, 2.45) is 0 Å². The fourth-order valence-electron chi connectivity index (χ4n) is 1.53. The molecule has 0 aromatic carbocycles. The summed E-state index contributed by atoms with van der Waals surface area (Å²) in [6, 6.07) is 1.96. The first-order valence-corrected chi connectivity index (χ1v) is 5.14. The van der Waals surface area contributed by atoms with Crippen LogP contribution in [0.2, 0.25) is 0 Å². The van der Waals surface area contributed by atoms with E-state index in [0.29, 0.717) is 18.4 Å². The number of nitrogens with zero attached hydrogens (tertiary/aromatic N) is 4. The van der Waals surface area contributed by atoms with Crippen molar-refractivity contribution in [2.75, 3.05) is 0 Å². The molecule has 0 unspecified atom stereocenters. The summed E-state index contributed by atoms with van der Waals surface area (Å²) in [5, 5.41) is 8.13. The summed E-state index contributed by atoms with van der Waals surface area (Å²) in [6.45, 7) is 2.57. The van der Waals surface area contributed by atoms with Crippen LogP contribution in [-0.2, 0) is 6.54 Å². The van der Waals surface area contributed by atoms with Crippen LogP contribution in [0.3, 0.4) is 0 Å². The van der Waals surface area contributed by atoms with Gasteiger partial charge in [0.15, 0.2) is 5.82 Å². The molecule has 0 saturated heterocycles. The second-order valence-electron chi connectivity index (χ2n) is 3.95. The van der Waals surface area contributed by atoms with Gasteiger partial charge in [0.25, 0.3) is 0 Å². The van der Waals surface area contributed by atoms with Gasteiger partial charge < -0.3 is 4.52 Å². The van der Waals surface area contributed by atoms with Crippen molar-refractivity contribution in [1.82, 2.24) is 19.9 Å². The minimum Gasteiger partial charge on any atom is -0.337 e. The molecule has 0 spiro atoms. The summed E-state index contributed by atoms with van der Waals surface area (Å²) in [5.41, 5.74) is 1.10. The molecule has 0 bridgehead atoms. The third kappa shape index (κ3) is 1.65. The number of hydrogen-bond donors (Lipinski definition) is 0. The van der Waals surface area contributed by atoms with Gasteiger partial charge in [0.2, 0.25) is 5.89 Å². The van der Waals surface area contributed by atoms with Gasteiger partial charge in [-0.15, -0.1) is 0 Å². The minimum absolute atomic E-state index is 0.543. The average Bonchev–Trinajstić information content (AvgIpc) is 2.86. The smallest absolute Gasteiger partial charge is 0.248 e. The summed E-state index contributed by atoms with van der Waals surface area (Å²) in [7, 11) is 0. The molecule has 1 aliphatic carbocycles. The molecule has 2 aromatic rings. The van der Waals surface area contributed by atoms with E-state index in [1.165, 1.54) is 12.8 Å². The van der Waals surface area contributed by atoms with E-state index in [9.17, 15) is 0 Å². The zero-order valence-electron chi connectivity index (χ0n) is 8.55. The Morgan fingerprint density at radius 2 is 2.40 bits per heavy atom. The van der Waals surface area contributed by atoms with E-state index in [2.05, 4.69) is 15.2 Å². The van der Waals surface area contributed by atoms with Gasteiger partial charge in [-0.05, 0) is 25.8 Å². The van der Waals surface area contributed by atoms with Crippen molar-refractivity contribution in [3.05, 3.63) is 29.7 Å². The van der Waals surface area contributed by atoms with Gasteiger partial charge in [-0.3, -0.25) is 4.68 Å². The van der Waals surface area contributed by atoms with E-state index in [1.54, 1.807) is 6.20 Å². The Balaban J connectivity index is 1.79. The fourth-order valence-corrected chi connectivity index (χ4v) is 1.53. The molecule has 1 fully saturated rings. The van der Waals surface area contributed by atoms with Crippen LogP contribution in [-0.4, -0.2) is 19.9 Å². The van der Waals surface area contributed by atoms with Crippen molar-refractivity contribution >= 4 is 0 Å². The van der Waals surface area contributed by atoms with Gasteiger partial charge in [-0.2, -0.15) is 10.1 Å². The highest BCUT2D eigenvalue weighted by Crippen LogP contribution is 2.38. The van der Waals surface area contributed by atoms with Crippen molar-refractivity contribution in [3.63, 3.8) is 0 Å². The predicted molar refractivity (Wildman–Crippen MR) is 52.3 cm³/mol. The Hall–Kier alpha value is -1.65. The molecule has 5 heteroatoms. The summed E-state index contributed by atoms with van der Waals surface area (Å²) in [6.07, 6.45) is 4.16. The molecule has 5 nitrogen and oxygen atoms in total. The van der Waals surface area contributed by atoms with E-state index in [4.69, 9.17) is 4.52 Å². The molecule has 0 radical (unpaired) electrons. The van der Waals surface area contributed by atoms with Crippen molar-refractivity contribution in [1.29, 1.82) is 0 Å². The van der Waals surface area contributed by atoms with Crippen LogP contribution in [0.15, 0.2) is 16.8 Å². The van der Waals surface area contributed by atoms with Gasteiger partial charge in [0.1, 0.15) is 6.54 Å². The van der Waals surface area contributed by atoms with Gasteiger partial charge in [0.05, 0.1) is 0 Å². The molecule has 0 atom stereocenters.